The Balaban J connectivity index is 2.24. The summed E-state index contributed by atoms with van der Waals surface area (Å²) >= 11 is 3.66. The number of aryl methyl sites for hydroxylation is 2. The third kappa shape index (κ3) is 3.42. The zero-order valence-electron chi connectivity index (χ0n) is 12.4. The number of unbranched alkanes of at least 4 members (excludes halogenated alkanes) is 1. The van der Waals surface area contributed by atoms with Crippen molar-refractivity contribution in [2.45, 2.75) is 33.2 Å². The summed E-state index contributed by atoms with van der Waals surface area (Å²) in [6, 6.07) is 10.6. The van der Waals surface area contributed by atoms with Gasteiger partial charge >= 0.3 is 0 Å². The molecule has 4 heteroatoms. The Kier molecular flexibility index (Phi) is 5.24. The maximum Gasteiger partial charge on any atom is 0.0739 e. The lowest BCUT2D eigenvalue weighted by Gasteiger charge is -2.25. The number of benzene rings is 1. The summed E-state index contributed by atoms with van der Waals surface area (Å²) in [4.78, 5) is 2.42. The van der Waals surface area contributed by atoms with E-state index in [0.29, 0.717) is 0 Å². The Morgan fingerprint density at radius 1 is 1.25 bits per heavy atom. The van der Waals surface area contributed by atoms with Crippen molar-refractivity contribution in [3.8, 4) is 0 Å². The van der Waals surface area contributed by atoms with Gasteiger partial charge in [-0.15, -0.1) is 0 Å². The van der Waals surface area contributed by atoms with Gasteiger partial charge in [0.1, 0.15) is 0 Å². The third-order valence-corrected chi connectivity index (χ3v) is 4.54. The summed E-state index contributed by atoms with van der Waals surface area (Å²) in [5.41, 5.74) is 3.54. The number of anilines is 1. The molecule has 0 N–H and O–H groups in total. The Morgan fingerprint density at radius 2 is 1.95 bits per heavy atom. The van der Waals surface area contributed by atoms with E-state index < -0.39 is 0 Å². The first-order valence-corrected chi connectivity index (χ1v) is 7.90. The van der Waals surface area contributed by atoms with Gasteiger partial charge in [-0.05, 0) is 41.4 Å². The molecule has 0 spiro atoms. The molecule has 0 bridgehead atoms. The van der Waals surface area contributed by atoms with Crippen LogP contribution in [-0.2, 0) is 13.6 Å². The average Bonchev–Trinajstić information content (AvgIpc) is 2.70. The van der Waals surface area contributed by atoms with E-state index in [2.05, 4.69) is 63.2 Å². The lowest BCUT2D eigenvalue weighted by Crippen LogP contribution is -2.25. The van der Waals surface area contributed by atoms with Crippen LogP contribution < -0.4 is 4.90 Å². The summed E-state index contributed by atoms with van der Waals surface area (Å²) in [6.45, 7) is 6.21. The molecule has 1 aromatic heterocycles. The monoisotopic (exact) mass is 335 g/mol. The van der Waals surface area contributed by atoms with Gasteiger partial charge in [0.15, 0.2) is 0 Å². The SMILES string of the molecule is CCCCN(Cc1c(Br)c(C)nn1C)c1ccccc1. The molecule has 0 fully saturated rings. The van der Waals surface area contributed by atoms with Crippen LogP contribution in [-0.4, -0.2) is 16.3 Å². The molecule has 0 aliphatic heterocycles. The maximum absolute atomic E-state index is 4.48. The molecule has 0 saturated heterocycles. The highest BCUT2D eigenvalue weighted by Crippen LogP contribution is 2.24. The minimum absolute atomic E-state index is 0.877. The number of halogens is 1. The smallest absolute Gasteiger partial charge is 0.0739 e. The molecule has 0 aliphatic carbocycles. The van der Waals surface area contributed by atoms with E-state index in [4.69, 9.17) is 0 Å². The third-order valence-electron chi connectivity index (χ3n) is 3.51. The van der Waals surface area contributed by atoms with E-state index in [1.165, 1.54) is 24.2 Å². The zero-order valence-corrected chi connectivity index (χ0v) is 14.0. The minimum atomic E-state index is 0.877. The fourth-order valence-electron chi connectivity index (χ4n) is 2.32. The number of aromatic nitrogens is 2. The summed E-state index contributed by atoms with van der Waals surface area (Å²) < 4.78 is 3.10. The highest BCUT2D eigenvalue weighted by Gasteiger charge is 2.15. The van der Waals surface area contributed by atoms with Gasteiger partial charge < -0.3 is 4.90 Å². The van der Waals surface area contributed by atoms with Crippen LogP contribution in [0.15, 0.2) is 34.8 Å². The highest BCUT2D eigenvalue weighted by molar-refractivity contribution is 9.10. The Morgan fingerprint density at radius 3 is 2.50 bits per heavy atom. The van der Waals surface area contributed by atoms with Crippen molar-refractivity contribution in [2.24, 2.45) is 7.05 Å². The quantitative estimate of drug-likeness (QED) is 0.784. The molecule has 0 atom stereocenters. The molecule has 1 heterocycles. The van der Waals surface area contributed by atoms with Crippen LogP contribution in [0.3, 0.4) is 0 Å². The molecular formula is C16H22BrN3. The van der Waals surface area contributed by atoms with E-state index in [1.807, 2.05) is 18.7 Å². The van der Waals surface area contributed by atoms with Gasteiger partial charge in [-0.3, -0.25) is 4.68 Å². The molecule has 0 amide bonds. The van der Waals surface area contributed by atoms with Crippen LogP contribution >= 0.6 is 15.9 Å². The van der Waals surface area contributed by atoms with Gasteiger partial charge in [-0.25, -0.2) is 0 Å². The van der Waals surface area contributed by atoms with Gasteiger partial charge in [-0.1, -0.05) is 31.5 Å². The van der Waals surface area contributed by atoms with Gasteiger partial charge in [0.25, 0.3) is 0 Å². The first-order chi connectivity index (χ1) is 9.63. The summed E-state index contributed by atoms with van der Waals surface area (Å²) in [5.74, 6) is 0. The van der Waals surface area contributed by atoms with Crippen molar-refractivity contribution in [3.05, 3.63) is 46.2 Å². The largest absolute Gasteiger partial charge is 0.366 e. The summed E-state index contributed by atoms with van der Waals surface area (Å²) in [6.07, 6.45) is 2.40. The first-order valence-electron chi connectivity index (χ1n) is 7.11. The first kappa shape index (κ1) is 15.1. The van der Waals surface area contributed by atoms with Gasteiger partial charge in [-0.2, -0.15) is 5.10 Å². The topological polar surface area (TPSA) is 21.1 Å². The van der Waals surface area contributed by atoms with Crippen molar-refractivity contribution >= 4 is 21.6 Å². The minimum Gasteiger partial charge on any atom is -0.366 e. The predicted molar refractivity (Wildman–Crippen MR) is 88.0 cm³/mol. The molecule has 0 radical (unpaired) electrons. The van der Waals surface area contributed by atoms with E-state index in [1.54, 1.807) is 0 Å². The fourth-order valence-corrected chi connectivity index (χ4v) is 2.78. The molecule has 2 rings (SSSR count). The number of rotatable bonds is 6. The molecule has 1 aromatic carbocycles. The standard InChI is InChI=1S/C16H22BrN3/c1-4-5-11-20(14-9-7-6-8-10-14)12-15-16(17)13(2)18-19(15)3/h6-10H,4-5,11-12H2,1-3H3. The number of hydrogen-bond donors (Lipinski definition) is 0. The Labute approximate surface area is 129 Å². The van der Waals surface area contributed by atoms with Crippen LogP contribution in [0.25, 0.3) is 0 Å². The van der Waals surface area contributed by atoms with Crippen LogP contribution in [0, 0.1) is 6.92 Å². The molecule has 0 aliphatic rings. The normalized spacial score (nSPS) is 10.8. The second-order valence-electron chi connectivity index (χ2n) is 5.08. The van der Waals surface area contributed by atoms with E-state index in [-0.39, 0.29) is 0 Å². The van der Waals surface area contributed by atoms with Crippen molar-refractivity contribution in [2.75, 3.05) is 11.4 Å². The van der Waals surface area contributed by atoms with Crippen molar-refractivity contribution in [1.82, 2.24) is 9.78 Å². The lowest BCUT2D eigenvalue weighted by atomic mass is 10.2. The van der Waals surface area contributed by atoms with Crippen molar-refractivity contribution in [1.29, 1.82) is 0 Å². The molecule has 108 valence electrons. The molecule has 2 aromatic rings. The molecular weight excluding hydrogens is 314 g/mol. The van der Waals surface area contributed by atoms with Crippen LogP contribution in [0.2, 0.25) is 0 Å². The number of nitrogens with zero attached hydrogens (tertiary/aromatic N) is 3. The van der Waals surface area contributed by atoms with Gasteiger partial charge in [0.2, 0.25) is 0 Å². The lowest BCUT2D eigenvalue weighted by molar-refractivity contribution is 0.655. The maximum atomic E-state index is 4.48. The fraction of sp³-hybridized carbons (Fsp3) is 0.438. The number of para-hydroxylation sites is 1. The highest BCUT2D eigenvalue weighted by atomic mass is 79.9. The Bertz CT molecular complexity index is 548. The predicted octanol–water partition coefficient (Wildman–Crippen LogP) is 4.30. The van der Waals surface area contributed by atoms with E-state index >= 15 is 0 Å². The van der Waals surface area contributed by atoms with Crippen LogP contribution in [0.5, 0.6) is 0 Å². The zero-order chi connectivity index (χ0) is 14.5. The number of hydrogen-bond acceptors (Lipinski definition) is 2. The second kappa shape index (κ2) is 6.93. The van der Waals surface area contributed by atoms with Crippen LogP contribution in [0.1, 0.15) is 31.2 Å². The van der Waals surface area contributed by atoms with E-state index in [0.717, 1.165) is 23.3 Å². The summed E-state index contributed by atoms with van der Waals surface area (Å²) in [7, 11) is 2.01. The van der Waals surface area contributed by atoms with Crippen LogP contribution in [0.4, 0.5) is 5.69 Å². The van der Waals surface area contributed by atoms with Crippen molar-refractivity contribution in [3.63, 3.8) is 0 Å². The van der Waals surface area contributed by atoms with Gasteiger partial charge in [0, 0.05) is 19.3 Å². The second-order valence-corrected chi connectivity index (χ2v) is 5.87. The van der Waals surface area contributed by atoms with Crippen molar-refractivity contribution < 1.29 is 0 Å². The molecule has 0 unspecified atom stereocenters. The van der Waals surface area contributed by atoms with E-state index in [9.17, 15) is 0 Å². The Hall–Kier alpha value is -1.29. The average molecular weight is 336 g/mol. The summed E-state index contributed by atoms with van der Waals surface area (Å²) in [5, 5.41) is 4.48. The molecule has 3 nitrogen and oxygen atoms in total. The molecule has 20 heavy (non-hydrogen) atoms. The molecule has 0 saturated carbocycles. The van der Waals surface area contributed by atoms with Gasteiger partial charge in [0.05, 0.1) is 22.4 Å².